The van der Waals surface area contributed by atoms with Crippen LogP contribution in [0.4, 0.5) is 0 Å². The molecule has 0 aliphatic carbocycles. The van der Waals surface area contributed by atoms with Gasteiger partial charge in [0.2, 0.25) is 0 Å². The molecule has 1 aromatic heterocycles. The van der Waals surface area contributed by atoms with E-state index in [1.54, 1.807) is 7.11 Å². The first-order chi connectivity index (χ1) is 7.26. The molecule has 0 aliphatic rings. The van der Waals surface area contributed by atoms with E-state index in [2.05, 4.69) is 5.16 Å². The molecule has 1 heterocycles. The summed E-state index contributed by atoms with van der Waals surface area (Å²) < 4.78 is 7.13. The molecule has 0 saturated carbocycles. The lowest BCUT2D eigenvalue weighted by atomic mass is 10.2. The highest BCUT2D eigenvalue weighted by Gasteiger charge is 2.05. The van der Waals surface area contributed by atoms with Gasteiger partial charge in [0.15, 0.2) is 0 Å². The average Bonchev–Trinajstić information content (AvgIpc) is 2.56. The van der Waals surface area contributed by atoms with Crippen molar-refractivity contribution in [2.24, 2.45) is 12.2 Å². The predicted octanol–water partition coefficient (Wildman–Crippen LogP) is 1.99. The topological polar surface area (TPSA) is 46.8 Å². The summed E-state index contributed by atoms with van der Waals surface area (Å²) in [7, 11) is 3.58. The molecule has 0 radical (unpaired) electrons. The van der Waals surface area contributed by atoms with Gasteiger partial charge in [0.05, 0.1) is 13.3 Å². The van der Waals surface area contributed by atoms with E-state index in [-0.39, 0.29) is 0 Å². The maximum atomic E-state index is 8.54. The zero-order chi connectivity index (χ0) is 10.8. The molecule has 4 nitrogen and oxygen atoms in total. The van der Waals surface area contributed by atoms with Gasteiger partial charge in [-0.05, 0) is 18.2 Å². The second-order valence-corrected chi connectivity index (χ2v) is 3.32. The summed E-state index contributed by atoms with van der Waals surface area (Å²) in [5.41, 5.74) is 1.94. The van der Waals surface area contributed by atoms with E-state index in [0.717, 1.165) is 22.2 Å². The van der Waals surface area contributed by atoms with Gasteiger partial charge in [-0.2, -0.15) is 0 Å². The second kappa shape index (κ2) is 3.65. The Kier molecular flexibility index (Phi) is 2.33. The number of rotatable bonds is 2. The van der Waals surface area contributed by atoms with E-state index in [0.29, 0.717) is 0 Å². The summed E-state index contributed by atoms with van der Waals surface area (Å²) in [4.78, 5) is 0. The number of benzene rings is 1. The molecule has 0 unspecified atom stereocenters. The number of nitrogens with zero attached hydrogens (tertiary/aromatic N) is 2. The van der Waals surface area contributed by atoms with E-state index in [9.17, 15) is 0 Å². The quantitative estimate of drug-likeness (QED) is 0.462. The van der Waals surface area contributed by atoms with Gasteiger partial charge in [-0.1, -0.05) is 5.16 Å². The van der Waals surface area contributed by atoms with Gasteiger partial charge < -0.3 is 14.5 Å². The summed E-state index contributed by atoms with van der Waals surface area (Å²) in [6, 6.07) is 5.80. The molecular formula is C11H12N2O2. The standard InChI is InChI=1S/C11H12N2O2/c1-13-7-8(6-12-14)10-5-9(15-2)3-4-11(10)13/h3-7,14H,1-2H3. The number of hydrogen-bond acceptors (Lipinski definition) is 3. The van der Waals surface area contributed by atoms with E-state index >= 15 is 0 Å². The molecule has 0 atom stereocenters. The fourth-order valence-electron chi connectivity index (χ4n) is 1.69. The maximum absolute atomic E-state index is 8.54. The lowest BCUT2D eigenvalue weighted by molar-refractivity contribution is 0.322. The van der Waals surface area contributed by atoms with Crippen molar-refractivity contribution in [2.45, 2.75) is 0 Å². The molecule has 0 fully saturated rings. The van der Waals surface area contributed by atoms with Crippen LogP contribution in [0.2, 0.25) is 0 Å². The minimum atomic E-state index is 0.793. The largest absolute Gasteiger partial charge is 0.497 e. The summed E-state index contributed by atoms with van der Waals surface area (Å²) in [5.74, 6) is 0.793. The van der Waals surface area contributed by atoms with Crippen molar-refractivity contribution in [3.8, 4) is 5.75 Å². The molecular weight excluding hydrogens is 192 g/mol. The Morgan fingerprint density at radius 3 is 2.93 bits per heavy atom. The molecule has 0 aliphatic heterocycles. The third kappa shape index (κ3) is 1.54. The van der Waals surface area contributed by atoms with Crippen LogP contribution in [-0.4, -0.2) is 23.1 Å². The highest BCUT2D eigenvalue weighted by molar-refractivity contribution is 5.99. The lowest BCUT2D eigenvalue weighted by Crippen LogP contribution is -1.85. The zero-order valence-electron chi connectivity index (χ0n) is 8.64. The maximum Gasteiger partial charge on any atom is 0.119 e. The lowest BCUT2D eigenvalue weighted by Gasteiger charge is -2.00. The predicted molar refractivity (Wildman–Crippen MR) is 58.9 cm³/mol. The van der Waals surface area contributed by atoms with Crippen LogP contribution >= 0.6 is 0 Å². The van der Waals surface area contributed by atoms with Crippen LogP contribution in [-0.2, 0) is 7.05 Å². The van der Waals surface area contributed by atoms with Gasteiger partial charge in [0, 0.05) is 29.7 Å². The van der Waals surface area contributed by atoms with Crippen LogP contribution in [0.25, 0.3) is 10.9 Å². The van der Waals surface area contributed by atoms with Crippen molar-refractivity contribution in [1.29, 1.82) is 0 Å². The van der Waals surface area contributed by atoms with Crippen LogP contribution in [0.5, 0.6) is 5.75 Å². The molecule has 15 heavy (non-hydrogen) atoms. The van der Waals surface area contributed by atoms with Crippen LogP contribution in [0.15, 0.2) is 29.6 Å². The van der Waals surface area contributed by atoms with E-state index in [1.165, 1.54) is 6.21 Å². The Morgan fingerprint density at radius 2 is 2.27 bits per heavy atom. The SMILES string of the molecule is COc1ccc2c(c1)c(C=NO)cn2C. The van der Waals surface area contributed by atoms with Gasteiger partial charge in [0.25, 0.3) is 0 Å². The molecule has 4 heteroatoms. The van der Waals surface area contributed by atoms with Crippen molar-refractivity contribution < 1.29 is 9.94 Å². The zero-order valence-corrected chi connectivity index (χ0v) is 8.64. The normalized spacial score (nSPS) is 11.3. The van der Waals surface area contributed by atoms with Crippen LogP contribution < -0.4 is 4.74 Å². The van der Waals surface area contributed by atoms with E-state index < -0.39 is 0 Å². The summed E-state index contributed by atoms with van der Waals surface area (Å²) >= 11 is 0. The van der Waals surface area contributed by atoms with Crippen LogP contribution in [0.3, 0.4) is 0 Å². The number of ether oxygens (including phenoxy) is 1. The van der Waals surface area contributed by atoms with Gasteiger partial charge >= 0.3 is 0 Å². The monoisotopic (exact) mass is 204 g/mol. The van der Waals surface area contributed by atoms with E-state index in [4.69, 9.17) is 9.94 Å². The molecule has 0 bridgehead atoms. The number of aryl methyl sites for hydroxylation is 1. The number of fused-ring (bicyclic) bond motifs is 1. The molecule has 1 aromatic carbocycles. The first-order valence-corrected chi connectivity index (χ1v) is 4.56. The summed E-state index contributed by atoms with van der Waals surface area (Å²) in [6.07, 6.45) is 3.32. The summed E-state index contributed by atoms with van der Waals surface area (Å²) in [6.45, 7) is 0. The second-order valence-electron chi connectivity index (χ2n) is 3.32. The minimum absolute atomic E-state index is 0.793. The molecule has 2 rings (SSSR count). The first kappa shape index (κ1) is 9.58. The summed E-state index contributed by atoms with van der Waals surface area (Å²) in [5, 5.41) is 12.6. The average molecular weight is 204 g/mol. The molecule has 0 amide bonds. The van der Waals surface area contributed by atoms with Crippen molar-refractivity contribution in [1.82, 2.24) is 4.57 Å². The number of methoxy groups -OCH3 is 1. The highest BCUT2D eigenvalue weighted by Crippen LogP contribution is 2.24. The Balaban J connectivity index is 2.71. The first-order valence-electron chi connectivity index (χ1n) is 4.56. The van der Waals surface area contributed by atoms with Crippen LogP contribution in [0.1, 0.15) is 5.56 Å². The van der Waals surface area contributed by atoms with Crippen molar-refractivity contribution in [3.63, 3.8) is 0 Å². The van der Waals surface area contributed by atoms with Crippen molar-refractivity contribution in [2.75, 3.05) is 7.11 Å². The fourth-order valence-corrected chi connectivity index (χ4v) is 1.69. The molecule has 2 aromatic rings. The Hall–Kier alpha value is -1.97. The van der Waals surface area contributed by atoms with Gasteiger partial charge in [-0.3, -0.25) is 0 Å². The third-order valence-corrected chi connectivity index (χ3v) is 2.42. The van der Waals surface area contributed by atoms with Crippen molar-refractivity contribution >= 4 is 17.1 Å². The number of aromatic nitrogens is 1. The Labute approximate surface area is 87.4 Å². The van der Waals surface area contributed by atoms with E-state index in [1.807, 2.05) is 36.0 Å². The molecule has 0 spiro atoms. The van der Waals surface area contributed by atoms with Crippen LogP contribution in [0, 0.1) is 0 Å². The van der Waals surface area contributed by atoms with Gasteiger partial charge in [-0.25, -0.2) is 0 Å². The smallest absolute Gasteiger partial charge is 0.119 e. The molecule has 78 valence electrons. The van der Waals surface area contributed by atoms with Gasteiger partial charge in [-0.15, -0.1) is 0 Å². The fraction of sp³-hybridized carbons (Fsp3) is 0.182. The number of oxime groups is 1. The highest BCUT2D eigenvalue weighted by atomic mass is 16.5. The number of hydrogen-bond donors (Lipinski definition) is 1. The molecule has 1 N–H and O–H groups in total. The van der Waals surface area contributed by atoms with Crippen molar-refractivity contribution in [3.05, 3.63) is 30.0 Å². The Morgan fingerprint density at radius 1 is 1.47 bits per heavy atom. The molecule has 0 saturated heterocycles. The Bertz CT molecular complexity index is 515. The van der Waals surface area contributed by atoms with Gasteiger partial charge in [0.1, 0.15) is 5.75 Å². The third-order valence-electron chi connectivity index (χ3n) is 2.42. The minimum Gasteiger partial charge on any atom is -0.497 e.